The highest BCUT2D eigenvalue weighted by atomic mass is 35.5. The van der Waals surface area contributed by atoms with Crippen molar-refractivity contribution in [2.75, 3.05) is 25.5 Å². The summed E-state index contributed by atoms with van der Waals surface area (Å²) < 4.78 is 6.29. The van der Waals surface area contributed by atoms with Gasteiger partial charge in [0.2, 0.25) is 17.7 Å². The van der Waals surface area contributed by atoms with Crippen LogP contribution in [0, 0.1) is 11.8 Å². The third kappa shape index (κ3) is 3.70. The molecular formula is C22H28ClN3O5. The number of aliphatic hydroxyl groups excluding tert-OH is 1. The minimum atomic E-state index is -0.994. The Bertz CT molecular complexity index is 863. The zero-order valence-corrected chi connectivity index (χ0v) is 18.2. The minimum absolute atomic E-state index is 0.0878. The lowest BCUT2D eigenvalue weighted by Crippen LogP contribution is -2.53. The van der Waals surface area contributed by atoms with Gasteiger partial charge < -0.3 is 25.4 Å². The number of nitrogens with zero attached hydrogens (tertiary/aromatic N) is 1. The predicted octanol–water partition coefficient (Wildman–Crippen LogP) is 1.56. The molecule has 0 aliphatic carbocycles. The largest absolute Gasteiger partial charge is 0.396 e. The van der Waals surface area contributed by atoms with Crippen molar-refractivity contribution in [1.29, 1.82) is 0 Å². The van der Waals surface area contributed by atoms with Crippen LogP contribution in [0.2, 0.25) is 5.02 Å². The number of aliphatic hydroxyl groups is 1. The number of rotatable bonds is 8. The van der Waals surface area contributed by atoms with Gasteiger partial charge in [0.1, 0.15) is 11.6 Å². The molecule has 2 bridgehead atoms. The monoisotopic (exact) mass is 449 g/mol. The van der Waals surface area contributed by atoms with E-state index in [1.54, 1.807) is 36.2 Å². The first kappa shape index (κ1) is 22.0. The number of carbonyl (C=O) groups excluding carboxylic acids is 3. The Morgan fingerprint density at radius 3 is 2.65 bits per heavy atom. The van der Waals surface area contributed by atoms with Crippen molar-refractivity contribution in [3.05, 3.63) is 29.3 Å². The van der Waals surface area contributed by atoms with Crippen LogP contribution >= 0.6 is 11.6 Å². The van der Waals surface area contributed by atoms with Gasteiger partial charge in [-0.3, -0.25) is 14.4 Å². The normalized spacial score (nSPS) is 31.1. The topological polar surface area (TPSA) is 108 Å². The van der Waals surface area contributed by atoms with Crippen molar-refractivity contribution in [2.45, 2.75) is 49.9 Å². The molecule has 4 rings (SSSR count). The second-order valence-corrected chi connectivity index (χ2v) is 8.92. The second-order valence-electron chi connectivity index (χ2n) is 8.48. The maximum Gasteiger partial charge on any atom is 0.250 e. The van der Waals surface area contributed by atoms with E-state index in [1.807, 2.05) is 0 Å². The van der Waals surface area contributed by atoms with E-state index >= 15 is 0 Å². The number of fused-ring (bicyclic) bond motifs is 1. The van der Waals surface area contributed by atoms with Crippen molar-refractivity contribution in [3.63, 3.8) is 0 Å². The average Bonchev–Trinajstić information content (AvgIpc) is 3.40. The number of nitrogens with one attached hydrogen (secondary N) is 2. The van der Waals surface area contributed by atoms with Gasteiger partial charge in [0.25, 0.3) is 0 Å². The van der Waals surface area contributed by atoms with Gasteiger partial charge in [-0.25, -0.2) is 0 Å². The first-order chi connectivity index (χ1) is 14.9. The number of hydrogen-bond donors (Lipinski definition) is 3. The Kier molecular flexibility index (Phi) is 6.23. The van der Waals surface area contributed by atoms with Crippen LogP contribution in [0.3, 0.4) is 0 Å². The molecular weight excluding hydrogens is 422 g/mol. The van der Waals surface area contributed by atoms with Crippen LogP contribution in [0.4, 0.5) is 5.69 Å². The number of halogens is 1. The SMILES string of the molecule is CNC(=O)[C@@H]1[C@H]2C(=O)N(CCCCCO)C(C(=O)Nc3ccc(Cl)cc3)C23CC[C@H]1O3. The van der Waals surface area contributed by atoms with E-state index in [9.17, 15) is 14.4 Å². The van der Waals surface area contributed by atoms with Crippen LogP contribution in [0.25, 0.3) is 0 Å². The van der Waals surface area contributed by atoms with Gasteiger partial charge >= 0.3 is 0 Å². The molecule has 2 unspecified atom stereocenters. The molecule has 168 valence electrons. The van der Waals surface area contributed by atoms with E-state index in [0.29, 0.717) is 42.9 Å². The molecule has 3 N–H and O–H groups in total. The van der Waals surface area contributed by atoms with E-state index in [4.69, 9.17) is 21.4 Å². The Morgan fingerprint density at radius 1 is 1.23 bits per heavy atom. The molecule has 0 aromatic heterocycles. The third-order valence-corrected chi connectivity index (χ3v) is 7.02. The molecule has 1 aromatic rings. The molecule has 9 heteroatoms. The molecule has 0 radical (unpaired) electrons. The van der Waals surface area contributed by atoms with E-state index in [-0.39, 0.29) is 30.4 Å². The number of likely N-dealkylation sites (tertiary alicyclic amines) is 1. The summed E-state index contributed by atoms with van der Waals surface area (Å²) in [5, 5.41) is 15.2. The van der Waals surface area contributed by atoms with Crippen molar-refractivity contribution in [2.24, 2.45) is 11.8 Å². The van der Waals surface area contributed by atoms with Crippen molar-refractivity contribution >= 4 is 35.0 Å². The van der Waals surface area contributed by atoms with Crippen LogP contribution in [0.5, 0.6) is 0 Å². The van der Waals surface area contributed by atoms with E-state index in [1.165, 1.54) is 0 Å². The number of unbranched alkanes of at least 4 members (excludes halogenated alkanes) is 2. The summed E-state index contributed by atoms with van der Waals surface area (Å²) >= 11 is 5.94. The molecule has 1 spiro atoms. The fourth-order valence-electron chi connectivity index (χ4n) is 5.48. The third-order valence-electron chi connectivity index (χ3n) is 6.77. The summed E-state index contributed by atoms with van der Waals surface area (Å²) in [6.45, 7) is 0.467. The maximum atomic E-state index is 13.5. The van der Waals surface area contributed by atoms with Gasteiger partial charge in [-0.05, 0) is 56.4 Å². The van der Waals surface area contributed by atoms with Crippen LogP contribution in [-0.4, -0.2) is 65.7 Å². The molecule has 8 nitrogen and oxygen atoms in total. The Morgan fingerprint density at radius 2 is 1.97 bits per heavy atom. The zero-order valence-electron chi connectivity index (χ0n) is 17.5. The van der Waals surface area contributed by atoms with Crippen LogP contribution in [0.15, 0.2) is 24.3 Å². The highest BCUT2D eigenvalue weighted by molar-refractivity contribution is 6.30. The number of anilines is 1. The van der Waals surface area contributed by atoms with Gasteiger partial charge in [-0.15, -0.1) is 0 Å². The van der Waals surface area contributed by atoms with Gasteiger partial charge in [-0.2, -0.15) is 0 Å². The van der Waals surface area contributed by atoms with Crippen molar-refractivity contribution in [3.8, 4) is 0 Å². The summed E-state index contributed by atoms with van der Waals surface area (Å²) in [5.41, 5.74) is -0.413. The highest BCUT2D eigenvalue weighted by Gasteiger charge is 2.74. The fraction of sp³-hybridized carbons (Fsp3) is 0.591. The van der Waals surface area contributed by atoms with Crippen molar-refractivity contribution in [1.82, 2.24) is 10.2 Å². The Balaban J connectivity index is 1.63. The Labute approximate surface area is 186 Å². The van der Waals surface area contributed by atoms with Crippen molar-refractivity contribution < 1.29 is 24.2 Å². The molecule has 3 aliphatic rings. The van der Waals surface area contributed by atoms with Gasteiger partial charge in [-0.1, -0.05) is 11.6 Å². The fourth-order valence-corrected chi connectivity index (χ4v) is 5.60. The van der Waals surface area contributed by atoms with E-state index in [0.717, 1.165) is 6.42 Å². The first-order valence-corrected chi connectivity index (χ1v) is 11.2. The highest BCUT2D eigenvalue weighted by Crippen LogP contribution is 2.58. The zero-order chi connectivity index (χ0) is 22.2. The molecule has 1 aromatic carbocycles. The quantitative estimate of drug-likeness (QED) is 0.522. The smallest absolute Gasteiger partial charge is 0.250 e. The summed E-state index contributed by atoms with van der Waals surface area (Å²) in [4.78, 5) is 41.1. The summed E-state index contributed by atoms with van der Waals surface area (Å²) in [7, 11) is 1.55. The van der Waals surface area contributed by atoms with Crippen LogP contribution < -0.4 is 10.6 Å². The van der Waals surface area contributed by atoms with E-state index < -0.39 is 23.5 Å². The summed E-state index contributed by atoms with van der Waals surface area (Å²) in [6, 6.07) is 5.97. The minimum Gasteiger partial charge on any atom is -0.396 e. The predicted molar refractivity (Wildman–Crippen MR) is 114 cm³/mol. The van der Waals surface area contributed by atoms with Crippen LogP contribution in [0.1, 0.15) is 32.1 Å². The van der Waals surface area contributed by atoms with Crippen LogP contribution in [-0.2, 0) is 19.1 Å². The van der Waals surface area contributed by atoms with Gasteiger partial charge in [0.05, 0.1) is 17.9 Å². The molecule has 3 heterocycles. The summed E-state index contributed by atoms with van der Waals surface area (Å²) in [5.74, 6) is -1.98. The lowest BCUT2D eigenvalue weighted by molar-refractivity contribution is -0.140. The molecule has 3 fully saturated rings. The molecule has 0 saturated carbocycles. The number of hydrogen-bond acceptors (Lipinski definition) is 5. The molecule has 3 saturated heterocycles. The molecule has 5 atom stereocenters. The lowest BCUT2D eigenvalue weighted by Gasteiger charge is -2.33. The maximum absolute atomic E-state index is 13.5. The number of carbonyl (C=O) groups is 3. The van der Waals surface area contributed by atoms with Gasteiger partial charge in [0, 0.05) is 30.9 Å². The first-order valence-electron chi connectivity index (χ1n) is 10.8. The number of benzene rings is 1. The molecule has 3 amide bonds. The summed E-state index contributed by atoms with van der Waals surface area (Å²) in [6.07, 6.45) is 2.90. The Hall–Kier alpha value is -2.16. The standard InChI is InChI=1S/C22H28ClN3O5/c1-24-19(28)16-15-9-10-22(31-15)17(16)21(30)26(11-3-2-4-12-27)18(22)20(29)25-14-7-5-13(23)6-8-14/h5-8,15-18,27H,2-4,9-12H2,1H3,(H,24,28)(H,25,29)/t15-,16+,17+,18?,22?/m1/s1. The molecule has 31 heavy (non-hydrogen) atoms. The van der Waals surface area contributed by atoms with Gasteiger partial charge in [0.15, 0.2) is 0 Å². The average molecular weight is 450 g/mol. The lowest BCUT2D eigenvalue weighted by atomic mass is 9.70. The number of amides is 3. The van der Waals surface area contributed by atoms with E-state index in [2.05, 4.69) is 10.6 Å². The molecule has 3 aliphatic heterocycles. The number of ether oxygens (including phenoxy) is 1. The second kappa shape index (κ2) is 8.76.